The van der Waals surface area contributed by atoms with Crippen molar-refractivity contribution in [3.05, 3.63) is 66.2 Å². The predicted octanol–water partition coefficient (Wildman–Crippen LogP) is 4.63. The number of nitrogens with zero attached hydrogens (tertiary/aromatic N) is 2. The van der Waals surface area contributed by atoms with Crippen LogP contribution < -0.4 is 15.4 Å². The molecular weight excluding hydrogens is 336 g/mol. The Labute approximate surface area is 160 Å². The number of aromatic nitrogens is 2. The van der Waals surface area contributed by atoms with Gasteiger partial charge in [0.25, 0.3) is 0 Å². The minimum absolute atomic E-state index is 0.299. The third-order valence-electron chi connectivity index (χ3n) is 4.05. The fourth-order valence-corrected chi connectivity index (χ4v) is 2.79. The normalized spacial score (nSPS) is 10.7. The predicted molar refractivity (Wildman–Crippen MR) is 111 cm³/mol. The molecule has 2 aromatic carbocycles. The summed E-state index contributed by atoms with van der Waals surface area (Å²) in [6, 6.07) is 20.4. The maximum Gasteiger partial charge on any atom is 0.163 e. The number of nitrogens with one attached hydrogen (secondary N) is 2. The van der Waals surface area contributed by atoms with E-state index in [9.17, 15) is 0 Å². The van der Waals surface area contributed by atoms with E-state index in [0.717, 1.165) is 35.9 Å². The van der Waals surface area contributed by atoms with Crippen LogP contribution in [0.3, 0.4) is 0 Å². The van der Waals surface area contributed by atoms with E-state index in [1.807, 2.05) is 48.5 Å². The Morgan fingerprint density at radius 2 is 1.70 bits per heavy atom. The number of methoxy groups -OCH3 is 1. The molecule has 0 aliphatic heterocycles. The van der Waals surface area contributed by atoms with E-state index >= 15 is 0 Å². The van der Waals surface area contributed by atoms with Crippen LogP contribution in [-0.2, 0) is 6.42 Å². The minimum atomic E-state index is 0.299. The van der Waals surface area contributed by atoms with Crippen LogP contribution in [0.5, 0.6) is 5.75 Å². The number of anilines is 2. The van der Waals surface area contributed by atoms with Gasteiger partial charge < -0.3 is 15.4 Å². The van der Waals surface area contributed by atoms with Gasteiger partial charge in [0.05, 0.1) is 7.11 Å². The Hall–Kier alpha value is -3.08. The van der Waals surface area contributed by atoms with Gasteiger partial charge >= 0.3 is 0 Å². The van der Waals surface area contributed by atoms with Crippen molar-refractivity contribution in [1.82, 2.24) is 9.97 Å². The maximum atomic E-state index is 5.29. The monoisotopic (exact) mass is 362 g/mol. The standard InChI is InChI=1S/C22H26N4O/c1-16(2)24-21-15-20(25-22(26-21)18-9-5-4-6-10-18)23-13-12-17-8-7-11-19(14-17)27-3/h4-11,14-16H,12-13H2,1-3H3,(H2,23,24,25,26). The van der Waals surface area contributed by atoms with Gasteiger partial charge in [-0.3, -0.25) is 0 Å². The zero-order chi connectivity index (χ0) is 19.1. The van der Waals surface area contributed by atoms with E-state index in [1.54, 1.807) is 7.11 Å². The molecule has 1 heterocycles. The summed E-state index contributed by atoms with van der Waals surface area (Å²) in [5, 5.41) is 6.79. The Bertz CT molecular complexity index is 865. The average molecular weight is 362 g/mol. The zero-order valence-electron chi connectivity index (χ0n) is 16.1. The highest BCUT2D eigenvalue weighted by Gasteiger charge is 2.08. The highest BCUT2D eigenvalue weighted by molar-refractivity contribution is 5.61. The van der Waals surface area contributed by atoms with Gasteiger partial charge in [-0.05, 0) is 38.0 Å². The molecule has 1 aromatic heterocycles. The van der Waals surface area contributed by atoms with Crippen molar-refractivity contribution >= 4 is 11.6 Å². The zero-order valence-corrected chi connectivity index (χ0v) is 16.1. The summed E-state index contributed by atoms with van der Waals surface area (Å²) in [5.41, 5.74) is 2.22. The van der Waals surface area contributed by atoms with Crippen LogP contribution >= 0.6 is 0 Å². The van der Waals surface area contributed by atoms with Crippen molar-refractivity contribution in [3.63, 3.8) is 0 Å². The number of rotatable bonds is 8. The SMILES string of the molecule is COc1cccc(CCNc2cc(NC(C)C)nc(-c3ccccc3)n2)c1. The molecule has 3 rings (SSSR count). The molecule has 0 amide bonds. The van der Waals surface area contributed by atoms with Gasteiger partial charge in [0.1, 0.15) is 17.4 Å². The molecule has 0 saturated carbocycles. The summed E-state index contributed by atoms with van der Waals surface area (Å²) in [6.07, 6.45) is 0.884. The van der Waals surface area contributed by atoms with Gasteiger partial charge in [-0.1, -0.05) is 42.5 Å². The molecular formula is C22H26N4O. The third kappa shape index (κ3) is 5.45. The number of benzene rings is 2. The number of ether oxygens (including phenoxy) is 1. The highest BCUT2D eigenvalue weighted by atomic mass is 16.5. The second kappa shape index (κ2) is 9.03. The van der Waals surface area contributed by atoms with Crippen molar-refractivity contribution in [1.29, 1.82) is 0 Å². The molecule has 0 fully saturated rings. The second-order valence-electron chi connectivity index (χ2n) is 6.66. The van der Waals surface area contributed by atoms with E-state index in [4.69, 9.17) is 4.74 Å². The number of hydrogen-bond acceptors (Lipinski definition) is 5. The van der Waals surface area contributed by atoms with Gasteiger partial charge in [0, 0.05) is 24.2 Å². The molecule has 2 N–H and O–H groups in total. The largest absolute Gasteiger partial charge is 0.497 e. The Balaban J connectivity index is 1.75. The van der Waals surface area contributed by atoms with E-state index in [2.05, 4.69) is 46.6 Å². The molecule has 5 nitrogen and oxygen atoms in total. The maximum absolute atomic E-state index is 5.29. The Kier molecular flexibility index (Phi) is 6.26. The lowest BCUT2D eigenvalue weighted by molar-refractivity contribution is 0.414. The van der Waals surface area contributed by atoms with Crippen molar-refractivity contribution in [2.45, 2.75) is 26.3 Å². The lowest BCUT2D eigenvalue weighted by atomic mass is 10.1. The summed E-state index contributed by atoms with van der Waals surface area (Å²) in [6.45, 7) is 4.97. The smallest absolute Gasteiger partial charge is 0.163 e. The Morgan fingerprint density at radius 1 is 0.926 bits per heavy atom. The fourth-order valence-electron chi connectivity index (χ4n) is 2.79. The molecule has 0 spiro atoms. The van der Waals surface area contributed by atoms with Gasteiger partial charge in [-0.2, -0.15) is 0 Å². The highest BCUT2D eigenvalue weighted by Crippen LogP contribution is 2.21. The first-order chi connectivity index (χ1) is 13.1. The van der Waals surface area contributed by atoms with Gasteiger partial charge in [0.2, 0.25) is 0 Å². The topological polar surface area (TPSA) is 59.1 Å². The first kappa shape index (κ1) is 18.7. The van der Waals surface area contributed by atoms with Crippen molar-refractivity contribution < 1.29 is 4.74 Å². The summed E-state index contributed by atoms with van der Waals surface area (Å²) in [7, 11) is 1.69. The second-order valence-corrected chi connectivity index (χ2v) is 6.66. The van der Waals surface area contributed by atoms with Crippen LogP contribution in [0.2, 0.25) is 0 Å². The summed E-state index contributed by atoms with van der Waals surface area (Å²) < 4.78 is 5.29. The first-order valence-corrected chi connectivity index (χ1v) is 9.22. The molecule has 0 unspecified atom stereocenters. The van der Waals surface area contributed by atoms with E-state index in [-0.39, 0.29) is 0 Å². The van der Waals surface area contributed by atoms with Gasteiger partial charge in [0.15, 0.2) is 5.82 Å². The minimum Gasteiger partial charge on any atom is -0.497 e. The first-order valence-electron chi connectivity index (χ1n) is 9.22. The van der Waals surface area contributed by atoms with Crippen LogP contribution in [0, 0.1) is 0 Å². The summed E-state index contributed by atoms with van der Waals surface area (Å²) >= 11 is 0. The van der Waals surface area contributed by atoms with E-state index in [1.165, 1.54) is 5.56 Å². The van der Waals surface area contributed by atoms with Crippen molar-refractivity contribution in [3.8, 4) is 17.1 Å². The molecule has 27 heavy (non-hydrogen) atoms. The molecule has 0 aliphatic carbocycles. The van der Waals surface area contributed by atoms with E-state index < -0.39 is 0 Å². The lowest BCUT2D eigenvalue weighted by Crippen LogP contribution is -2.13. The molecule has 0 bridgehead atoms. The number of hydrogen-bond donors (Lipinski definition) is 2. The molecule has 5 heteroatoms. The Morgan fingerprint density at radius 3 is 2.44 bits per heavy atom. The van der Waals surface area contributed by atoms with Gasteiger partial charge in [-0.15, -0.1) is 0 Å². The quantitative estimate of drug-likeness (QED) is 0.612. The molecule has 0 radical (unpaired) electrons. The fraction of sp³-hybridized carbons (Fsp3) is 0.273. The van der Waals surface area contributed by atoms with Gasteiger partial charge in [-0.25, -0.2) is 9.97 Å². The van der Waals surface area contributed by atoms with Crippen LogP contribution in [0.1, 0.15) is 19.4 Å². The van der Waals surface area contributed by atoms with Crippen LogP contribution in [0.4, 0.5) is 11.6 Å². The van der Waals surface area contributed by atoms with Crippen molar-refractivity contribution in [2.75, 3.05) is 24.3 Å². The van der Waals surface area contributed by atoms with Crippen LogP contribution in [-0.4, -0.2) is 29.7 Å². The lowest BCUT2D eigenvalue weighted by Gasteiger charge is -2.13. The summed E-state index contributed by atoms with van der Waals surface area (Å²) in [4.78, 5) is 9.34. The average Bonchev–Trinajstić information content (AvgIpc) is 2.68. The molecule has 3 aromatic rings. The molecule has 140 valence electrons. The van der Waals surface area contributed by atoms with E-state index in [0.29, 0.717) is 11.9 Å². The molecule has 0 aliphatic rings. The van der Waals surface area contributed by atoms with Crippen molar-refractivity contribution in [2.24, 2.45) is 0 Å². The third-order valence-corrected chi connectivity index (χ3v) is 4.05. The summed E-state index contributed by atoms with van der Waals surface area (Å²) in [5.74, 6) is 3.23. The molecule has 0 saturated heterocycles. The van der Waals surface area contributed by atoms with Crippen LogP contribution in [0.15, 0.2) is 60.7 Å². The molecule has 0 atom stereocenters. The van der Waals surface area contributed by atoms with Crippen LogP contribution in [0.25, 0.3) is 11.4 Å².